The maximum Gasteiger partial charge on any atom is 0.236 e. The molecule has 0 aromatic rings. The summed E-state index contributed by atoms with van der Waals surface area (Å²) >= 11 is 0. The van der Waals surface area contributed by atoms with Crippen molar-refractivity contribution in [2.75, 3.05) is 13.1 Å². The highest BCUT2D eigenvalue weighted by atomic mass is 16.6. The third-order valence-electron chi connectivity index (χ3n) is 2.10. The first-order chi connectivity index (χ1) is 5.66. The zero-order valence-electron chi connectivity index (χ0n) is 7.19. The van der Waals surface area contributed by atoms with Gasteiger partial charge < -0.3 is 16.1 Å². The van der Waals surface area contributed by atoms with E-state index in [9.17, 15) is 10.0 Å². The monoisotopic (exact) mass is 172 g/mol. The van der Waals surface area contributed by atoms with Crippen LogP contribution < -0.4 is 5.73 Å². The van der Waals surface area contributed by atoms with Crippen LogP contribution in [0.25, 0.3) is 0 Å². The van der Waals surface area contributed by atoms with Gasteiger partial charge in [0.1, 0.15) is 6.04 Å². The third-order valence-corrected chi connectivity index (χ3v) is 2.10. The Balaban J connectivity index is 2.58. The quantitative estimate of drug-likeness (QED) is 0.632. The van der Waals surface area contributed by atoms with Gasteiger partial charge in [-0.2, -0.15) is 0 Å². The van der Waals surface area contributed by atoms with E-state index in [1.807, 2.05) is 6.92 Å². The van der Waals surface area contributed by atoms with Crippen LogP contribution >= 0.6 is 0 Å². The predicted molar refractivity (Wildman–Crippen MR) is 44.7 cm³/mol. The van der Waals surface area contributed by atoms with Gasteiger partial charge in [-0.1, -0.05) is 6.92 Å². The lowest BCUT2D eigenvalue weighted by atomic mass is 10.2. The molecule has 5 heteroatoms. The van der Waals surface area contributed by atoms with Crippen molar-refractivity contribution < 1.29 is 4.79 Å². The number of rotatable bonds is 3. The van der Waals surface area contributed by atoms with Crippen molar-refractivity contribution in [3.8, 4) is 0 Å². The molecule has 70 valence electrons. The number of primary amides is 1. The van der Waals surface area contributed by atoms with E-state index in [0.29, 0.717) is 19.5 Å². The topological polar surface area (TPSA) is 72.6 Å². The largest absolute Gasteiger partial charge is 0.771 e. The highest BCUT2D eigenvalue weighted by molar-refractivity contribution is 5.79. The van der Waals surface area contributed by atoms with E-state index in [2.05, 4.69) is 0 Å². The van der Waals surface area contributed by atoms with Gasteiger partial charge in [0, 0.05) is 13.1 Å². The van der Waals surface area contributed by atoms with E-state index in [1.165, 1.54) is 5.01 Å². The highest BCUT2D eigenvalue weighted by Crippen LogP contribution is 2.14. The standard InChI is InChI=1S/C7H14N3O2/c1-2-6(7(8)11)9-4-3-5-10(9)12/h6H,2-5H2,1H3,(H2,8,11)/q-1/t6-/m0/s1. The van der Waals surface area contributed by atoms with Gasteiger partial charge in [0.2, 0.25) is 5.91 Å². The maximum absolute atomic E-state index is 11.1. The molecule has 0 unspecified atom stereocenters. The lowest BCUT2D eigenvalue weighted by Crippen LogP contribution is -2.47. The molecule has 1 amide bonds. The van der Waals surface area contributed by atoms with Gasteiger partial charge >= 0.3 is 0 Å². The molecule has 5 nitrogen and oxygen atoms in total. The van der Waals surface area contributed by atoms with Crippen molar-refractivity contribution in [3.05, 3.63) is 5.21 Å². The first kappa shape index (κ1) is 9.44. The minimum Gasteiger partial charge on any atom is -0.771 e. The first-order valence-corrected chi connectivity index (χ1v) is 4.17. The Labute approximate surface area is 71.7 Å². The van der Waals surface area contributed by atoms with Crippen LogP contribution in [0.1, 0.15) is 19.8 Å². The molecule has 1 fully saturated rings. The smallest absolute Gasteiger partial charge is 0.236 e. The SMILES string of the molecule is CC[C@@H](C(N)=O)N1CCCN1[O-]. The molecule has 1 aliphatic heterocycles. The molecule has 1 heterocycles. The predicted octanol–water partition coefficient (Wildman–Crippen LogP) is -0.329. The number of hydrogen-bond acceptors (Lipinski definition) is 4. The van der Waals surface area contributed by atoms with Crippen molar-refractivity contribution >= 4 is 5.91 Å². The van der Waals surface area contributed by atoms with E-state index in [4.69, 9.17) is 5.73 Å². The Hall–Kier alpha value is -0.650. The molecular weight excluding hydrogens is 158 g/mol. The second-order valence-electron chi connectivity index (χ2n) is 2.92. The minimum absolute atomic E-state index is 0.416. The molecule has 1 atom stereocenters. The lowest BCUT2D eigenvalue weighted by molar-refractivity contribution is -0.127. The van der Waals surface area contributed by atoms with Crippen molar-refractivity contribution in [1.29, 1.82) is 0 Å². The van der Waals surface area contributed by atoms with Crippen LogP contribution in [0.15, 0.2) is 0 Å². The van der Waals surface area contributed by atoms with Crippen LogP contribution in [0.4, 0.5) is 0 Å². The van der Waals surface area contributed by atoms with Crippen LogP contribution in [0, 0.1) is 5.21 Å². The summed E-state index contributed by atoms with van der Waals surface area (Å²) in [5.41, 5.74) is 5.14. The molecule has 12 heavy (non-hydrogen) atoms. The number of hydrazine groups is 1. The second kappa shape index (κ2) is 3.84. The van der Waals surface area contributed by atoms with Crippen LogP contribution in [-0.2, 0) is 4.79 Å². The number of carbonyl (C=O) groups is 1. The number of hydrogen-bond donors (Lipinski definition) is 1. The van der Waals surface area contributed by atoms with E-state index in [1.54, 1.807) is 0 Å². The number of nitrogens with two attached hydrogens (primary N) is 1. The molecule has 0 spiro atoms. The summed E-state index contributed by atoms with van der Waals surface area (Å²) in [6, 6.07) is -0.426. The summed E-state index contributed by atoms with van der Waals surface area (Å²) in [4.78, 5) is 10.9. The van der Waals surface area contributed by atoms with Gasteiger partial charge in [-0.05, 0) is 12.8 Å². The molecular formula is C7H14N3O2-. The number of hydroxylamine groups is 1. The average molecular weight is 172 g/mol. The molecule has 0 radical (unpaired) electrons. The molecule has 0 aromatic heterocycles. The fourth-order valence-corrected chi connectivity index (χ4v) is 1.48. The normalized spacial score (nSPS) is 22.8. The first-order valence-electron chi connectivity index (χ1n) is 4.17. The Morgan fingerprint density at radius 2 is 2.33 bits per heavy atom. The molecule has 0 saturated carbocycles. The molecule has 1 saturated heterocycles. The number of carbonyl (C=O) groups excluding carboxylic acids is 1. The van der Waals surface area contributed by atoms with E-state index in [0.717, 1.165) is 11.6 Å². The zero-order chi connectivity index (χ0) is 9.14. The second-order valence-corrected chi connectivity index (χ2v) is 2.92. The van der Waals surface area contributed by atoms with Gasteiger partial charge in [-0.15, -0.1) is 0 Å². The van der Waals surface area contributed by atoms with E-state index in [-0.39, 0.29) is 0 Å². The Morgan fingerprint density at radius 1 is 1.67 bits per heavy atom. The van der Waals surface area contributed by atoms with Crippen LogP contribution in [-0.4, -0.2) is 35.2 Å². The van der Waals surface area contributed by atoms with Gasteiger partial charge in [-0.3, -0.25) is 4.79 Å². The maximum atomic E-state index is 11.1. The van der Waals surface area contributed by atoms with Crippen molar-refractivity contribution in [3.63, 3.8) is 0 Å². The summed E-state index contributed by atoms with van der Waals surface area (Å²) in [7, 11) is 0. The van der Waals surface area contributed by atoms with Crippen LogP contribution in [0.2, 0.25) is 0 Å². The molecule has 0 aromatic carbocycles. The van der Waals surface area contributed by atoms with Gasteiger partial charge in [0.05, 0.1) is 0 Å². The fourth-order valence-electron chi connectivity index (χ4n) is 1.48. The Bertz CT molecular complexity index is 174. The molecule has 2 N–H and O–H groups in total. The van der Waals surface area contributed by atoms with E-state index >= 15 is 0 Å². The lowest BCUT2D eigenvalue weighted by Gasteiger charge is -2.37. The summed E-state index contributed by atoms with van der Waals surface area (Å²) in [6.07, 6.45) is 1.40. The zero-order valence-corrected chi connectivity index (χ0v) is 7.19. The molecule has 1 aliphatic rings. The van der Waals surface area contributed by atoms with Crippen molar-refractivity contribution in [1.82, 2.24) is 10.2 Å². The molecule has 0 bridgehead atoms. The molecule has 0 aliphatic carbocycles. The van der Waals surface area contributed by atoms with Gasteiger partial charge in [0.15, 0.2) is 0 Å². The third kappa shape index (κ3) is 1.74. The van der Waals surface area contributed by atoms with Gasteiger partial charge in [-0.25, -0.2) is 5.01 Å². The van der Waals surface area contributed by atoms with Crippen molar-refractivity contribution in [2.24, 2.45) is 5.73 Å². The number of nitrogens with zero attached hydrogens (tertiary/aromatic N) is 2. The molecule has 1 rings (SSSR count). The average Bonchev–Trinajstić information content (AvgIpc) is 2.38. The van der Waals surface area contributed by atoms with Gasteiger partial charge in [0.25, 0.3) is 0 Å². The van der Waals surface area contributed by atoms with Crippen LogP contribution in [0.3, 0.4) is 0 Å². The number of amides is 1. The summed E-state index contributed by atoms with van der Waals surface area (Å²) < 4.78 is 0. The highest BCUT2D eigenvalue weighted by Gasteiger charge is 2.26. The Kier molecular flexibility index (Phi) is 3.02. The van der Waals surface area contributed by atoms with Crippen LogP contribution in [0.5, 0.6) is 0 Å². The summed E-state index contributed by atoms with van der Waals surface area (Å²) in [6.45, 7) is 2.97. The van der Waals surface area contributed by atoms with Crippen molar-refractivity contribution in [2.45, 2.75) is 25.8 Å². The summed E-state index contributed by atoms with van der Waals surface area (Å²) in [5, 5.41) is 13.4. The minimum atomic E-state index is -0.426. The van der Waals surface area contributed by atoms with E-state index < -0.39 is 11.9 Å². The Morgan fingerprint density at radius 3 is 2.67 bits per heavy atom. The summed E-state index contributed by atoms with van der Waals surface area (Å²) in [5.74, 6) is -0.416. The fraction of sp³-hybridized carbons (Fsp3) is 0.857.